The van der Waals surface area contributed by atoms with E-state index in [4.69, 9.17) is 24.5 Å². The molecule has 34 heavy (non-hydrogen) atoms. The monoisotopic (exact) mass is 473 g/mol. The van der Waals surface area contributed by atoms with Crippen LogP contribution in [0.2, 0.25) is 0 Å². The van der Waals surface area contributed by atoms with Crippen LogP contribution in [0.25, 0.3) is 10.4 Å². The molecule has 2 aromatic carbocycles. The average Bonchev–Trinajstić information content (AvgIpc) is 2.87. The fourth-order valence-electron chi connectivity index (χ4n) is 3.31. The maximum absolute atomic E-state index is 12.6. The number of azide groups is 1. The first-order chi connectivity index (χ1) is 16.4. The van der Waals surface area contributed by atoms with Gasteiger partial charge >= 0.3 is 17.9 Å². The quantitative estimate of drug-likeness (QED) is 0.120. The summed E-state index contributed by atoms with van der Waals surface area (Å²) in [6.07, 6.45) is -6.75. The molecule has 0 saturated carbocycles. The molecule has 0 amide bonds. The first-order valence-electron chi connectivity index (χ1n) is 10.3. The largest absolute Gasteiger partial charge is 0.453 e. The summed E-state index contributed by atoms with van der Waals surface area (Å²) in [5.41, 5.74) is 8.68. The number of esters is 2. The van der Waals surface area contributed by atoms with Gasteiger partial charge in [-0.1, -0.05) is 41.5 Å². The van der Waals surface area contributed by atoms with Crippen LogP contribution in [0.3, 0.4) is 0 Å². The maximum Gasteiger partial charge on any atom is 0.338 e. The second-order valence-electron chi connectivity index (χ2n) is 7.19. The van der Waals surface area contributed by atoms with Crippen molar-refractivity contribution in [2.24, 2.45) is 5.11 Å². The number of hydrogen-bond donors (Lipinski definition) is 3. The highest BCUT2D eigenvalue weighted by atomic mass is 16.8. The van der Waals surface area contributed by atoms with Crippen molar-refractivity contribution in [3.63, 3.8) is 0 Å². The number of nitrogens with zero attached hydrogens (tertiary/aromatic N) is 3. The molecule has 5 atom stereocenters. The van der Waals surface area contributed by atoms with Crippen molar-refractivity contribution in [1.29, 1.82) is 0 Å². The predicted molar refractivity (Wildman–Crippen MR) is 114 cm³/mol. The van der Waals surface area contributed by atoms with Gasteiger partial charge < -0.3 is 34.3 Å². The van der Waals surface area contributed by atoms with E-state index in [1.165, 1.54) is 24.3 Å². The Morgan fingerprint density at radius 2 is 1.59 bits per heavy atom. The van der Waals surface area contributed by atoms with Gasteiger partial charge in [-0.2, -0.15) is 0 Å². The minimum absolute atomic E-state index is 0.105. The molecule has 1 aliphatic heterocycles. The second-order valence-corrected chi connectivity index (χ2v) is 7.19. The Hall–Kier alpha value is -3.51. The molecule has 1 aliphatic rings. The third kappa shape index (κ3) is 5.88. The van der Waals surface area contributed by atoms with E-state index in [1.807, 2.05) is 0 Å². The van der Waals surface area contributed by atoms with Crippen molar-refractivity contribution in [2.75, 3.05) is 19.8 Å². The third-order valence-corrected chi connectivity index (χ3v) is 4.93. The number of carbonyl (C=O) groups excluding carboxylic acids is 2. The molecule has 180 valence electrons. The van der Waals surface area contributed by atoms with Crippen LogP contribution < -0.4 is 0 Å². The molecule has 12 heteroatoms. The molecule has 1 heterocycles. The molecule has 0 aromatic heterocycles. The van der Waals surface area contributed by atoms with Gasteiger partial charge in [0.15, 0.2) is 6.10 Å². The zero-order chi connectivity index (χ0) is 24.6. The molecule has 12 nitrogen and oxygen atoms in total. The lowest BCUT2D eigenvalue weighted by atomic mass is 9.97. The normalized spacial score (nSPS) is 26.2. The maximum atomic E-state index is 12.6. The molecule has 0 radical (unpaired) electrons. The van der Waals surface area contributed by atoms with Crippen molar-refractivity contribution >= 4 is 11.9 Å². The number of aliphatic hydroxyl groups excluding tert-OH is 2. The summed E-state index contributed by atoms with van der Waals surface area (Å²) in [7, 11) is 0. The molecule has 1 saturated heterocycles. The predicted octanol–water partition coefficient (Wildman–Crippen LogP) is 1.16. The zero-order valence-corrected chi connectivity index (χ0v) is 17.8. The number of carbonyl (C=O) groups is 2. The molecule has 0 bridgehead atoms. The van der Waals surface area contributed by atoms with Crippen molar-refractivity contribution < 1.29 is 43.9 Å². The standard InChI is InChI=1S/C22H23N3O9/c23-25-24-11-12-31-22(30)19(33-21(29)15-9-5-2-6-10-15)17(27)18(16(13-26)34-22)32-20(28)14-7-3-1-4-8-14/h1-10,16-19,26-27,30H,11-13H2/t16-,17+,18-,19+,22+/m1/s1. The van der Waals surface area contributed by atoms with Gasteiger partial charge in [0, 0.05) is 11.5 Å². The number of hydrogen-bond acceptors (Lipinski definition) is 10. The Morgan fingerprint density at radius 1 is 1.03 bits per heavy atom. The van der Waals surface area contributed by atoms with Crippen molar-refractivity contribution in [3.8, 4) is 0 Å². The van der Waals surface area contributed by atoms with E-state index in [0.29, 0.717) is 0 Å². The molecule has 0 aliphatic carbocycles. The van der Waals surface area contributed by atoms with Gasteiger partial charge in [-0.15, -0.1) is 0 Å². The lowest BCUT2D eigenvalue weighted by Crippen LogP contribution is -2.68. The summed E-state index contributed by atoms with van der Waals surface area (Å²) in [4.78, 5) is 27.8. The smallest absolute Gasteiger partial charge is 0.338 e. The van der Waals surface area contributed by atoms with Gasteiger partial charge in [0.2, 0.25) is 6.10 Å². The van der Waals surface area contributed by atoms with Crippen LogP contribution in [0.4, 0.5) is 0 Å². The van der Waals surface area contributed by atoms with E-state index in [2.05, 4.69) is 10.0 Å². The molecule has 0 unspecified atom stereocenters. The summed E-state index contributed by atoms with van der Waals surface area (Å²) in [6, 6.07) is 15.6. The highest BCUT2D eigenvalue weighted by molar-refractivity contribution is 5.90. The van der Waals surface area contributed by atoms with Crippen LogP contribution in [0.1, 0.15) is 20.7 Å². The lowest BCUT2D eigenvalue weighted by Gasteiger charge is -2.46. The minimum Gasteiger partial charge on any atom is -0.453 e. The molecular formula is C22H23N3O9. The number of benzene rings is 2. The topological polar surface area (TPSA) is 181 Å². The number of aliphatic hydroxyl groups is 3. The summed E-state index contributed by atoms with van der Waals surface area (Å²) >= 11 is 0. The van der Waals surface area contributed by atoms with Crippen LogP contribution in [0, 0.1) is 0 Å². The second kappa shape index (κ2) is 11.6. The van der Waals surface area contributed by atoms with Gasteiger partial charge in [0.05, 0.1) is 24.3 Å². The van der Waals surface area contributed by atoms with Gasteiger partial charge in [0.1, 0.15) is 12.2 Å². The fourth-order valence-corrected chi connectivity index (χ4v) is 3.31. The van der Waals surface area contributed by atoms with E-state index in [-0.39, 0.29) is 24.3 Å². The van der Waals surface area contributed by atoms with Crippen molar-refractivity contribution in [2.45, 2.75) is 30.4 Å². The first kappa shape index (κ1) is 25.1. The van der Waals surface area contributed by atoms with E-state index >= 15 is 0 Å². The number of rotatable bonds is 9. The molecular weight excluding hydrogens is 450 g/mol. The van der Waals surface area contributed by atoms with E-state index in [0.717, 1.165) is 0 Å². The highest BCUT2D eigenvalue weighted by Gasteiger charge is 2.58. The van der Waals surface area contributed by atoms with E-state index < -0.39 is 48.9 Å². The molecule has 1 fully saturated rings. The molecule has 2 aromatic rings. The van der Waals surface area contributed by atoms with Crippen molar-refractivity contribution in [3.05, 3.63) is 82.2 Å². The minimum atomic E-state index is -2.75. The fraction of sp³-hybridized carbons (Fsp3) is 0.364. The van der Waals surface area contributed by atoms with Crippen LogP contribution in [0.15, 0.2) is 65.8 Å². The summed E-state index contributed by atoms with van der Waals surface area (Å²) in [5.74, 6) is -4.52. The highest BCUT2D eigenvalue weighted by Crippen LogP contribution is 2.34. The Bertz CT molecular complexity index is 1020. The molecule has 3 rings (SSSR count). The van der Waals surface area contributed by atoms with Crippen LogP contribution >= 0.6 is 0 Å². The van der Waals surface area contributed by atoms with Gasteiger partial charge in [-0.05, 0) is 29.8 Å². The van der Waals surface area contributed by atoms with E-state index in [9.17, 15) is 24.9 Å². The molecule has 3 N–H and O–H groups in total. The average molecular weight is 473 g/mol. The van der Waals surface area contributed by atoms with Gasteiger partial charge in [-0.25, -0.2) is 9.59 Å². The Labute approximate surface area is 193 Å². The Balaban J connectivity index is 1.87. The third-order valence-electron chi connectivity index (χ3n) is 4.93. The Kier molecular flexibility index (Phi) is 8.55. The van der Waals surface area contributed by atoms with E-state index in [1.54, 1.807) is 36.4 Å². The van der Waals surface area contributed by atoms with Gasteiger partial charge in [0.25, 0.3) is 0 Å². The van der Waals surface area contributed by atoms with Gasteiger partial charge in [-0.3, -0.25) is 0 Å². The molecule has 0 spiro atoms. The Morgan fingerprint density at radius 3 is 2.12 bits per heavy atom. The summed E-state index contributed by atoms with van der Waals surface area (Å²) in [6.45, 7) is -1.38. The van der Waals surface area contributed by atoms with Crippen molar-refractivity contribution in [1.82, 2.24) is 0 Å². The van der Waals surface area contributed by atoms with Crippen LogP contribution in [-0.4, -0.2) is 77.4 Å². The summed E-state index contributed by atoms with van der Waals surface area (Å²) in [5, 5.41) is 35.0. The lowest BCUT2D eigenvalue weighted by molar-refractivity contribution is -0.446. The number of ether oxygens (including phenoxy) is 4. The SMILES string of the molecule is [N-]=[N+]=NCCO[C@]1(O)O[C@H](CO)[C@@H](OC(=O)c2ccccc2)[C@H](O)[C@@H]1OC(=O)c1ccccc1. The summed E-state index contributed by atoms with van der Waals surface area (Å²) < 4.78 is 21.3. The first-order valence-corrected chi connectivity index (χ1v) is 10.3. The van der Waals surface area contributed by atoms with Crippen LogP contribution in [-0.2, 0) is 18.9 Å². The van der Waals surface area contributed by atoms with Crippen LogP contribution in [0.5, 0.6) is 0 Å². The zero-order valence-electron chi connectivity index (χ0n) is 17.8.